The van der Waals surface area contributed by atoms with Gasteiger partial charge >= 0.3 is 0 Å². The molecule has 0 fully saturated rings. The number of nitrogens with one attached hydrogen (secondary N) is 2. The van der Waals surface area contributed by atoms with E-state index in [9.17, 15) is 4.79 Å². The highest BCUT2D eigenvalue weighted by atomic mass is 16.3. The van der Waals surface area contributed by atoms with Gasteiger partial charge in [-0.25, -0.2) is 0 Å². The number of aliphatic hydroxyl groups is 1. The van der Waals surface area contributed by atoms with Crippen LogP contribution >= 0.6 is 0 Å². The van der Waals surface area contributed by atoms with Crippen molar-refractivity contribution in [2.45, 2.75) is 45.7 Å². The third kappa shape index (κ3) is 8.01. The van der Waals surface area contributed by atoms with Crippen LogP contribution in [0.15, 0.2) is 0 Å². The second kappa shape index (κ2) is 7.76. The normalized spacial score (nSPS) is 12.9. The predicted octanol–water partition coefficient (Wildman–Crippen LogP) is 0.262. The van der Waals surface area contributed by atoms with E-state index in [0.717, 1.165) is 13.0 Å². The van der Waals surface area contributed by atoms with E-state index in [4.69, 9.17) is 5.11 Å². The lowest BCUT2D eigenvalue weighted by molar-refractivity contribution is -0.122. The van der Waals surface area contributed by atoms with E-state index in [-0.39, 0.29) is 18.6 Å². The second-order valence-corrected chi connectivity index (χ2v) is 3.86. The van der Waals surface area contributed by atoms with Crippen molar-refractivity contribution in [3.63, 3.8) is 0 Å². The number of hydrogen-bond donors (Lipinski definition) is 3. The molecule has 0 saturated heterocycles. The molecule has 0 aromatic rings. The van der Waals surface area contributed by atoms with Crippen LogP contribution in [0.5, 0.6) is 0 Å². The van der Waals surface area contributed by atoms with Crippen molar-refractivity contribution in [1.82, 2.24) is 10.6 Å². The lowest BCUT2D eigenvalue weighted by atomic mass is 10.2. The van der Waals surface area contributed by atoms with Gasteiger partial charge in [-0.2, -0.15) is 0 Å². The minimum Gasteiger partial charge on any atom is -0.394 e. The predicted molar refractivity (Wildman–Crippen MR) is 57.1 cm³/mol. The molecule has 4 heteroatoms. The third-order valence-electron chi connectivity index (χ3n) is 1.81. The summed E-state index contributed by atoms with van der Waals surface area (Å²) >= 11 is 0. The second-order valence-electron chi connectivity index (χ2n) is 3.86. The van der Waals surface area contributed by atoms with Gasteiger partial charge < -0.3 is 15.7 Å². The van der Waals surface area contributed by atoms with Crippen LogP contribution in [0, 0.1) is 0 Å². The fourth-order valence-electron chi connectivity index (χ4n) is 1.03. The van der Waals surface area contributed by atoms with Crippen LogP contribution in [0.1, 0.15) is 33.6 Å². The number of aliphatic hydroxyl groups excluding tert-OH is 1. The smallest absolute Gasteiger partial charge is 0.220 e. The summed E-state index contributed by atoms with van der Waals surface area (Å²) in [4.78, 5) is 11.2. The van der Waals surface area contributed by atoms with E-state index in [1.807, 2.05) is 0 Å². The average Bonchev–Trinajstić information content (AvgIpc) is 2.12. The van der Waals surface area contributed by atoms with E-state index in [2.05, 4.69) is 24.5 Å². The molecular formula is C10H22N2O2. The van der Waals surface area contributed by atoms with Gasteiger partial charge in [-0.05, 0) is 19.9 Å². The molecule has 0 heterocycles. The van der Waals surface area contributed by atoms with Crippen molar-refractivity contribution in [1.29, 1.82) is 0 Å². The average molecular weight is 202 g/mol. The van der Waals surface area contributed by atoms with Crippen molar-refractivity contribution in [2.75, 3.05) is 13.2 Å². The molecule has 84 valence electrons. The molecule has 0 bridgehead atoms. The van der Waals surface area contributed by atoms with Gasteiger partial charge in [0.2, 0.25) is 5.91 Å². The summed E-state index contributed by atoms with van der Waals surface area (Å²) in [5, 5.41) is 14.6. The summed E-state index contributed by atoms with van der Waals surface area (Å²) in [6.45, 7) is 6.79. The van der Waals surface area contributed by atoms with E-state index >= 15 is 0 Å². The molecule has 1 atom stereocenters. The Balaban J connectivity index is 3.36. The van der Waals surface area contributed by atoms with Crippen LogP contribution < -0.4 is 10.6 Å². The first-order chi connectivity index (χ1) is 6.56. The number of carbonyl (C=O) groups excluding carboxylic acids is 1. The minimum absolute atomic E-state index is 0.00398. The van der Waals surface area contributed by atoms with E-state index in [1.54, 1.807) is 6.92 Å². The van der Waals surface area contributed by atoms with Crippen molar-refractivity contribution >= 4 is 5.91 Å². The lowest BCUT2D eigenvalue weighted by Crippen LogP contribution is -2.35. The highest BCUT2D eigenvalue weighted by Gasteiger charge is 2.05. The van der Waals surface area contributed by atoms with Crippen LogP contribution in [0.4, 0.5) is 0 Å². The first-order valence-corrected chi connectivity index (χ1v) is 5.20. The summed E-state index contributed by atoms with van der Waals surface area (Å²) in [7, 11) is 0. The summed E-state index contributed by atoms with van der Waals surface area (Å²) in [6.07, 6.45) is 1.35. The van der Waals surface area contributed by atoms with Gasteiger partial charge in [-0.1, -0.05) is 13.8 Å². The molecule has 0 spiro atoms. The van der Waals surface area contributed by atoms with Gasteiger partial charge in [0.15, 0.2) is 0 Å². The van der Waals surface area contributed by atoms with Crippen molar-refractivity contribution in [3.05, 3.63) is 0 Å². The molecule has 14 heavy (non-hydrogen) atoms. The largest absolute Gasteiger partial charge is 0.394 e. The SMILES string of the molecule is CC(C)NCCCC(=O)N[C@@H](C)CO. The number of hydrogen-bond acceptors (Lipinski definition) is 3. The Morgan fingerprint density at radius 3 is 2.50 bits per heavy atom. The zero-order chi connectivity index (χ0) is 11.0. The zero-order valence-electron chi connectivity index (χ0n) is 9.34. The summed E-state index contributed by atoms with van der Waals surface area (Å²) < 4.78 is 0. The molecule has 0 saturated carbocycles. The fourth-order valence-corrected chi connectivity index (χ4v) is 1.03. The van der Waals surface area contributed by atoms with Gasteiger partial charge in [-0.15, -0.1) is 0 Å². The first kappa shape index (κ1) is 13.4. The quantitative estimate of drug-likeness (QED) is 0.519. The van der Waals surface area contributed by atoms with Crippen LogP contribution in [0.25, 0.3) is 0 Å². The molecule has 0 aromatic heterocycles. The monoisotopic (exact) mass is 202 g/mol. The van der Waals surface area contributed by atoms with Crippen LogP contribution in [-0.2, 0) is 4.79 Å². The maximum atomic E-state index is 11.2. The summed E-state index contributed by atoms with van der Waals surface area (Å²) in [5.74, 6) is 0.0112. The van der Waals surface area contributed by atoms with Crippen molar-refractivity contribution < 1.29 is 9.90 Å². The van der Waals surface area contributed by atoms with E-state index in [1.165, 1.54) is 0 Å². The molecule has 0 aliphatic heterocycles. The molecule has 1 amide bonds. The summed E-state index contributed by atoms with van der Waals surface area (Å²) in [6, 6.07) is 0.329. The van der Waals surface area contributed by atoms with E-state index < -0.39 is 0 Å². The molecule has 3 N–H and O–H groups in total. The fraction of sp³-hybridized carbons (Fsp3) is 0.900. The molecule has 0 rings (SSSR count). The van der Waals surface area contributed by atoms with Crippen LogP contribution in [-0.4, -0.2) is 36.2 Å². The Bertz CT molecular complexity index is 160. The maximum Gasteiger partial charge on any atom is 0.220 e. The van der Waals surface area contributed by atoms with Gasteiger partial charge in [0.1, 0.15) is 0 Å². The number of rotatable bonds is 7. The van der Waals surface area contributed by atoms with Crippen molar-refractivity contribution in [3.8, 4) is 0 Å². The third-order valence-corrected chi connectivity index (χ3v) is 1.81. The highest BCUT2D eigenvalue weighted by molar-refractivity contribution is 5.76. The number of carbonyl (C=O) groups is 1. The lowest BCUT2D eigenvalue weighted by Gasteiger charge is -2.11. The van der Waals surface area contributed by atoms with Gasteiger partial charge in [0.05, 0.1) is 6.61 Å². The van der Waals surface area contributed by atoms with Crippen LogP contribution in [0.3, 0.4) is 0 Å². The Hall–Kier alpha value is -0.610. The Morgan fingerprint density at radius 2 is 2.00 bits per heavy atom. The van der Waals surface area contributed by atoms with Gasteiger partial charge in [0, 0.05) is 18.5 Å². The zero-order valence-corrected chi connectivity index (χ0v) is 9.34. The molecule has 0 aromatic carbocycles. The summed E-state index contributed by atoms with van der Waals surface area (Å²) in [5.41, 5.74) is 0. The topological polar surface area (TPSA) is 61.4 Å². The van der Waals surface area contributed by atoms with Gasteiger partial charge in [-0.3, -0.25) is 4.79 Å². The molecule has 0 radical (unpaired) electrons. The molecule has 0 aliphatic rings. The van der Waals surface area contributed by atoms with E-state index in [0.29, 0.717) is 12.5 Å². The van der Waals surface area contributed by atoms with Crippen molar-refractivity contribution in [2.24, 2.45) is 0 Å². The minimum atomic E-state index is -0.138. The maximum absolute atomic E-state index is 11.2. The molecule has 0 unspecified atom stereocenters. The Labute approximate surface area is 86.1 Å². The van der Waals surface area contributed by atoms with Gasteiger partial charge in [0.25, 0.3) is 0 Å². The Kier molecular flexibility index (Phi) is 7.42. The highest BCUT2D eigenvalue weighted by Crippen LogP contribution is 1.90. The number of amides is 1. The molecule has 0 aliphatic carbocycles. The Morgan fingerprint density at radius 1 is 1.36 bits per heavy atom. The standard InChI is InChI=1S/C10H22N2O2/c1-8(2)11-6-4-5-10(14)12-9(3)7-13/h8-9,11,13H,4-7H2,1-3H3,(H,12,14)/t9-/m0/s1. The first-order valence-electron chi connectivity index (χ1n) is 5.20. The molecule has 4 nitrogen and oxygen atoms in total. The molecular weight excluding hydrogens is 180 g/mol. The van der Waals surface area contributed by atoms with Crippen LogP contribution in [0.2, 0.25) is 0 Å².